The minimum absolute atomic E-state index is 0.173. The first-order valence-corrected chi connectivity index (χ1v) is 7.42. The molecule has 112 valence electrons. The first-order valence-electron chi connectivity index (χ1n) is 7.42. The van der Waals surface area contributed by atoms with Gasteiger partial charge in [-0.2, -0.15) is 5.10 Å². The molecule has 0 bridgehead atoms. The van der Waals surface area contributed by atoms with Crippen molar-refractivity contribution in [3.8, 4) is 0 Å². The van der Waals surface area contributed by atoms with Crippen LogP contribution in [0, 0.1) is 5.41 Å². The smallest absolute Gasteiger partial charge is 0.169 e. The van der Waals surface area contributed by atoms with E-state index in [0.29, 0.717) is 11.5 Å². The van der Waals surface area contributed by atoms with Crippen LogP contribution in [0.15, 0.2) is 34.4 Å². The summed E-state index contributed by atoms with van der Waals surface area (Å²) < 4.78 is 0. The van der Waals surface area contributed by atoms with Gasteiger partial charge in [0, 0.05) is 24.8 Å². The van der Waals surface area contributed by atoms with Crippen LogP contribution >= 0.6 is 0 Å². The summed E-state index contributed by atoms with van der Waals surface area (Å²) in [5.41, 5.74) is 2.66. The Balaban J connectivity index is 2.16. The third-order valence-electron chi connectivity index (χ3n) is 3.49. The highest BCUT2D eigenvalue weighted by atomic mass is 15.5. The highest BCUT2D eigenvalue weighted by Gasteiger charge is 2.22. The zero-order chi connectivity index (χ0) is 15.4. The molecule has 5 heteroatoms. The van der Waals surface area contributed by atoms with E-state index in [1.165, 1.54) is 5.69 Å². The number of hydrogen-bond acceptors (Lipinski definition) is 4. The number of hydrogen-bond donors (Lipinski definition) is 1. The molecule has 1 aromatic rings. The number of hydrazone groups is 1. The van der Waals surface area contributed by atoms with Crippen molar-refractivity contribution in [1.29, 1.82) is 5.41 Å². The molecule has 0 amide bonds. The van der Waals surface area contributed by atoms with Crippen molar-refractivity contribution in [2.75, 3.05) is 18.0 Å². The van der Waals surface area contributed by atoms with Crippen molar-refractivity contribution in [3.63, 3.8) is 0 Å². The predicted molar refractivity (Wildman–Crippen MR) is 90.3 cm³/mol. The van der Waals surface area contributed by atoms with Gasteiger partial charge < -0.3 is 4.90 Å². The molecule has 0 saturated heterocycles. The summed E-state index contributed by atoms with van der Waals surface area (Å²) >= 11 is 0. The molecular formula is C16H23N5. The Morgan fingerprint density at radius 3 is 2.29 bits per heavy atom. The number of benzene rings is 1. The van der Waals surface area contributed by atoms with Crippen LogP contribution in [0.25, 0.3) is 0 Å². The lowest BCUT2D eigenvalue weighted by Crippen LogP contribution is -2.31. The van der Waals surface area contributed by atoms with Gasteiger partial charge in [0.2, 0.25) is 0 Å². The number of rotatable bonds is 5. The second-order valence-corrected chi connectivity index (χ2v) is 5.22. The molecule has 0 fully saturated rings. The van der Waals surface area contributed by atoms with E-state index in [0.717, 1.165) is 18.8 Å². The molecule has 0 aromatic heterocycles. The highest BCUT2D eigenvalue weighted by Crippen LogP contribution is 2.20. The van der Waals surface area contributed by atoms with E-state index in [2.05, 4.69) is 41.0 Å². The third-order valence-corrected chi connectivity index (χ3v) is 3.49. The summed E-state index contributed by atoms with van der Waals surface area (Å²) in [6.07, 6.45) is 1.65. The number of amidine groups is 1. The topological polar surface area (TPSA) is 55.1 Å². The molecule has 0 atom stereocenters. The Bertz CT molecular complexity index is 553. The molecule has 0 unspecified atom stereocenters. The quantitative estimate of drug-likeness (QED) is 0.902. The van der Waals surface area contributed by atoms with E-state index in [1.807, 2.05) is 26.0 Å². The van der Waals surface area contributed by atoms with Crippen LogP contribution in [0.2, 0.25) is 0 Å². The summed E-state index contributed by atoms with van der Waals surface area (Å²) in [7, 11) is 0. The van der Waals surface area contributed by atoms with Crippen molar-refractivity contribution in [1.82, 2.24) is 5.01 Å². The van der Waals surface area contributed by atoms with E-state index in [1.54, 1.807) is 11.2 Å². The van der Waals surface area contributed by atoms with Gasteiger partial charge in [-0.25, -0.2) is 10.0 Å². The zero-order valence-corrected chi connectivity index (χ0v) is 13.2. The summed E-state index contributed by atoms with van der Waals surface area (Å²) in [6, 6.07) is 8.29. The van der Waals surface area contributed by atoms with Gasteiger partial charge in [0.25, 0.3) is 0 Å². The lowest BCUT2D eigenvalue weighted by atomic mass is 10.2. The van der Waals surface area contributed by atoms with Crippen molar-refractivity contribution in [2.24, 2.45) is 10.1 Å². The van der Waals surface area contributed by atoms with Gasteiger partial charge in [-0.1, -0.05) is 0 Å². The second kappa shape index (κ2) is 6.52. The van der Waals surface area contributed by atoms with Gasteiger partial charge in [-0.3, -0.25) is 5.41 Å². The van der Waals surface area contributed by atoms with Crippen molar-refractivity contribution in [3.05, 3.63) is 24.3 Å². The lowest BCUT2D eigenvalue weighted by molar-refractivity contribution is 0.378. The molecule has 2 rings (SSSR count). The standard InChI is InChI=1S/C16H23N5/c1-5-20(6-2)14-9-7-13(8-10-14)19-15-11-18-21(12(3)4)16(15)17/h7-12,17H,5-6H2,1-4H3. The maximum absolute atomic E-state index is 8.07. The van der Waals surface area contributed by atoms with E-state index in [9.17, 15) is 0 Å². The summed E-state index contributed by atoms with van der Waals surface area (Å²) in [4.78, 5) is 6.79. The van der Waals surface area contributed by atoms with E-state index in [-0.39, 0.29) is 6.04 Å². The van der Waals surface area contributed by atoms with Gasteiger partial charge in [-0.05, 0) is 52.0 Å². The van der Waals surface area contributed by atoms with E-state index in [4.69, 9.17) is 5.41 Å². The normalized spacial score (nSPS) is 16.3. The predicted octanol–water partition coefficient (Wildman–Crippen LogP) is 3.29. The Morgan fingerprint density at radius 1 is 1.19 bits per heavy atom. The van der Waals surface area contributed by atoms with Gasteiger partial charge in [-0.15, -0.1) is 0 Å². The van der Waals surface area contributed by atoms with Crippen molar-refractivity contribution >= 4 is 29.1 Å². The number of anilines is 1. The van der Waals surface area contributed by atoms with Crippen molar-refractivity contribution < 1.29 is 0 Å². The first-order chi connectivity index (χ1) is 10.1. The SMILES string of the molecule is CCN(CC)c1ccc(N=C2C=NN(C(C)C)C2=N)cc1. The molecule has 0 radical (unpaired) electrons. The minimum Gasteiger partial charge on any atom is -0.372 e. The summed E-state index contributed by atoms with van der Waals surface area (Å²) in [5, 5.41) is 14.0. The highest BCUT2D eigenvalue weighted by molar-refractivity contribution is 6.63. The Morgan fingerprint density at radius 2 is 1.81 bits per heavy atom. The fourth-order valence-electron chi connectivity index (χ4n) is 2.29. The maximum atomic E-state index is 8.07. The van der Waals surface area contributed by atoms with Crippen LogP contribution in [0.3, 0.4) is 0 Å². The first kappa shape index (κ1) is 15.2. The Labute approximate surface area is 126 Å². The second-order valence-electron chi connectivity index (χ2n) is 5.22. The molecule has 0 saturated carbocycles. The average molecular weight is 285 g/mol. The lowest BCUT2D eigenvalue weighted by Gasteiger charge is -2.20. The minimum atomic E-state index is 0.173. The number of nitrogens with zero attached hydrogens (tertiary/aromatic N) is 4. The van der Waals surface area contributed by atoms with Gasteiger partial charge >= 0.3 is 0 Å². The summed E-state index contributed by atoms with van der Waals surface area (Å²) in [6.45, 7) is 10.3. The van der Waals surface area contributed by atoms with Crippen LogP contribution in [-0.4, -0.2) is 41.9 Å². The van der Waals surface area contributed by atoms with Crippen LogP contribution in [0.4, 0.5) is 11.4 Å². The number of aliphatic imine (C=N–C) groups is 1. The molecule has 21 heavy (non-hydrogen) atoms. The van der Waals surface area contributed by atoms with Crippen LogP contribution < -0.4 is 4.90 Å². The molecule has 1 aliphatic heterocycles. The number of nitrogens with one attached hydrogen (secondary N) is 1. The average Bonchev–Trinajstić information content (AvgIpc) is 2.83. The molecule has 1 N–H and O–H groups in total. The largest absolute Gasteiger partial charge is 0.372 e. The fourth-order valence-corrected chi connectivity index (χ4v) is 2.29. The van der Waals surface area contributed by atoms with E-state index < -0.39 is 0 Å². The van der Waals surface area contributed by atoms with Gasteiger partial charge in [0.15, 0.2) is 5.84 Å². The maximum Gasteiger partial charge on any atom is 0.169 e. The zero-order valence-electron chi connectivity index (χ0n) is 13.2. The molecular weight excluding hydrogens is 262 g/mol. The van der Waals surface area contributed by atoms with Crippen LogP contribution in [-0.2, 0) is 0 Å². The van der Waals surface area contributed by atoms with Gasteiger partial charge in [0.05, 0.1) is 11.9 Å². The summed E-state index contributed by atoms with van der Waals surface area (Å²) in [5.74, 6) is 0.359. The Kier molecular flexibility index (Phi) is 4.73. The third kappa shape index (κ3) is 3.29. The monoisotopic (exact) mass is 285 g/mol. The van der Waals surface area contributed by atoms with Crippen LogP contribution in [0.1, 0.15) is 27.7 Å². The molecule has 1 aliphatic rings. The molecule has 0 spiro atoms. The fraction of sp³-hybridized carbons (Fsp3) is 0.438. The van der Waals surface area contributed by atoms with Gasteiger partial charge in [0.1, 0.15) is 5.71 Å². The molecule has 5 nitrogen and oxygen atoms in total. The molecule has 1 aromatic carbocycles. The molecule has 1 heterocycles. The van der Waals surface area contributed by atoms with Crippen molar-refractivity contribution in [2.45, 2.75) is 33.7 Å². The van der Waals surface area contributed by atoms with Crippen LogP contribution in [0.5, 0.6) is 0 Å². The Hall–Kier alpha value is -2.17. The molecule has 0 aliphatic carbocycles. The van der Waals surface area contributed by atoms with E-state index >= 15 is 0 Å².